The minimum atomic E-state index is 0.407. The molecule has 0 unspecified atom stereocenters. The molecule has 1 saturated heterocycles. The molecule has 2 aromatic rings. The molecule has 0 radical (unpaired) electrons. The second-order valence-corrected chi connectivity index (χ2v) is 4.45. The van der Waals surface area contributed by atoms with Crippen LogP contribution in [0.2, 0.25) is 0 Å². The van der Waals surface area contributed by atoms with Crippen molar-refractivity contribution < 1.29 is 4.79 Å². The van der Waals surface area contributed by atoms with E-state index in [0.29, 0.717) is 11.2 Å². The summed E-state index contributed by atoms with van der Waals surface area (Å²) in [6.45, 7) is 3.84. The molecule has 3 rings (SSSR count). The van der Waals surface area contributed by atoms with Gasteiger partial charge in [-0.1, -0.05) is 0 Å². The molecule has 3 heterocycles. The predicted molar refractivity (Wildman–Crippen MR) is 69.0 cm³/mol. The lowest BCUT2D eigenvalue weighted by Crippen LogP contribution is -2.43. The summed E-state index contributed by atoms with van der Waals surface area (Å²) in [5.74, 6) is 0. The van der Waals surface area contributed by atoms with Gasteiger partial charge < -0.3 is 10.2 Å². The SMILES string of the molecule is Cn1cc2c(N3CCNCC3)cnc(C=O)c2n1. The first kappa shape index (κ1) is 11.2. The first-order valence-corrected chi connectivity index (χ1v) is 6.03. The first-order valence-electron chi connectivity index (χ1n) is 6.03. The van der Waals surface area contributed by atoms with Gasteiger partial charge in [-0.3, -0.25) is 9.48 Å². The molecular weight excluding hydrogens is 230 g/mol. The molecule has 1 aliphatic heterocycles. The number of anilines is 1. The number of carbonyl (C=O) groups excluding carboxylic acids is 1. The van der Waals surface area contributed by atoms with E-state index < -0.39 is 0 Å². The normalized spacial score (nSPS) is 16.2. The number of hydrogen-bond acceptors (Lipinski definition) is 5. The Balaban J connectivity index is 2.14. The Labute approximate surface area is 105 Å². The highest BCUT2D eigenvalue weighted by atomic mass is 16.1. The summed E-state index contributed by atoms with van der Waals surface area (Å²) in [6, 6.07) is 0. The molecule has 6 nitrogen and oxygen atoms in total. The molecular formula is C12H15N5O. The van der Waals surface area contributed by atoms with Crippen LogP contribution in [0.1, 0.15) is 10.5 Å². The maximum absolute atomic E-state index is 11.0. The number of hydrogen-bond donors (Lipinski definition) is 1. The van der Waals surface area contributed by atoms with Gasteiger partial charge in [0, 0.05) is 44.8 Å². The Morgan fingerprint density at radius 1 is 1.39 bits per heavy atom. The van der Waals surface area contributed by atoms with Crippen molar-refractivity contribution in [3.8, 4) is 0 Å². The van der Waals surface area contributed by atoms with E-state index in [1.807, 2.05) is 13.2 Å². The summed E-state index contributed by atoms with van der Waals surface area (Å²) < 4.78 is 1.73. The fourth-order valence-electron chi connectivity index (χ4n) is 2.37. The molecule has 1 N–H and O–H groups in total. The number of carbonyl (C=O) groups is 1. The van der Waals surface area contributed by atoms with Crippen molar-refractivity contribution in [2.45, 2.75) is 0 Å². The fourth-order valence-corrected chi connectivity index (χ4v) is 2.37. The average molecular weight is 245 g/mol. The largest absolute Gasteiger partial charge is 0.367 e. The Morgan fingerprint density at radius 2 is 2.17 bits per heavy atom. The van der Waals surface area contributed by atoms with Gasteiger partial charge in [-0.2, -0.15) is 5.10 Å². The van der Waals surface area contributed by atoms with Crippen molar-refractivity contribution in [1.29, 1.82) is 0 Å². The zero-order valence-corrected chi connectivity index (χ0v) is 10.3. The lowest BCUT2D eigenvalue weighted by atomic mass is 10.2. The number of aromatic nitrogens is 3. The van der Waals surface area contributed by atoms with E-state index in [1.54, 1.807) is 10.9 Å². The highest BCUT2D eigenvalue weighted by Crippen LogP contribution is 2.26. The standard InChI is InChI=1S/C12H15N5O/c1-16-7-9-11(17-4-2-13-3-5-17)6-14-10(8-18)12(9)15-16/h6-8,13H,2-5H2,1H3. The molecule has 2 aromatic heterocycles. The number of aryl methyl sites for hydroxylation is 1. The summed E-state index contributed by atoms with van der Waals surface area (Å²) in [7, 11) is 1.86. The van der Waals surface area contributed by atoms with Gasteiger partial charge in [0.05, 0.1) is 11.9 Å². The molecule has 0 atom stereocenters. The summed E-state index contributed by atoms with van der Waals surface area (Å²) >= 11 is 0. The van der Waals surface area contributed by atoms with Crippen molar-refractivity contribution in [3.05, 3.63) is 18.1 Å². The van der Waals surface area contributed by atoms with Crippen LogP contribution in [0.5, 0.6) is 0 Å². The van der Waals surface area contributed by atoms with Crippen LogP contribution < -0.4 is 10.2 Å². The van der Waals surface area contributed by atoms with Gasteiger partial charge in [-0.05, 0) is 0 Å². The number of rotatable bonds is 2. The Kier molecular flexibility index (Phi) is 2.71. The van der Waals surface area contributed by atoms with E-state index in [-0.39, 0.29) is 0 Å². The highest BCUT2D eigenvalue weighted by Gasteiger charge is 2.17. The number of aldehydes is 1. The zero-order valence-electron chi connectivity index (χ0n) is 10.3. The van der Waals surface area contributed by atoms with E-state index in [1.165, 1.54) is 0 Å². The van der Waals surface area contributed by atoms with Gasteiger partial charge in [-0.25, -0.2) is 4.98 Å². The Bertz CT molecular complexity index is 585. The lowest BCUT2D eigenvalue weighted by Gasteiger charge is -2.29. The summed E-state index contributed by atoms with van der Waals surface area (Å²) in [4.78, 5) is 17.5. The Hall–Kier alpha value is -1.95. The lowest BCUT2D eigenvalue weighted by molar-refractivity contribution is 0.112. The number of pyridine rings is 1. The number of piperazine rings is 1. The van der Waals surface area contributed by atoms with Gasteiger partial charge in [0.25, 0.3) is 0 Å². The molecule has 0 aromatic carbocycles. The fraction of sp³-hybridized carbons (Fsp3) is 0.417. The summed E-state index contributed by atoms with van der Waals surface area (Å²) in [5, 5.41) is 8.64. The number of nitrogens with one attached hydrogen (secondary N) is 1. The zero-order chi connectivity index (χ0) is 12.5. The van der Waals surface area contributed by atoms with Crippen LogP contribution in [0.15, 0.2) is 12.4 Å². The van der Waals surface area contributed by atoms with Crippen LogP contribution in [0.25, 0.3) is 10.9 Å². The van der Waals surface area contributed by atoms with Crippen LogP contribution in [0, 0.1) is 0 Å². The van der Waals surface area contributed by atoms with Crippen LogP contribution in [0.4, 0.5) is 5.69 Å². The molecule has 0 spiro atoms. The van der Waals surface area contributed by atoms with Gasteiger partial charge in [0.2, 0.25) is 0 Å². The smallest absolute Gasteiger partial charge is 0.170 e. The molecule has 0 amide bonds. The second kappa shape index (κ2) is 4.38. The maximum atomic E-state index is 11.0. The van der Waals surface area contributed by atoms with E-state index in [2.05, 4.69) is 20.3 Å². The highest BCUT2D eigenvalue weighted by molar-refractivity contribution is 5.99. The van der Waals surface area contributed by atoms with E-state index in [4.69, 9.17) is 0 Å². The van der Waals surface area contributed by atoms with Crippen molar-refractivity contribution in [3.63, 3.8) is 0 Å². The van der Waals surface area contributed by atoms with Gasteiger partial charge in [-0.15, -0.1) is 0 Å². The number of nitrogens with zero attached hydrogens (tertiary/aromatic N) is 4. The van der Waals surface area contributed by atoms with Crippen LogP contribution in [-0.4, -0.2) is 47.2 Å². The molecule has 1 aliphatic rings. The minimum absolute atomic E-state index is 0.407. The summed E-state index contributed by atoms with van der Waals surface area (Å²) in [6.07, 6.45) is 4.48. The third-order valence-electron chi connectivity index (χ3n) is 3.24. The van der Waals surface area contributed by atoms with Crippen LogP contribution in [0.3, 0.4) is 0 Å². The third-order valence-corrected chi connectivity index (χ3v) is 3.24. The Morgan fingerprint density at radius 3 is 2.89 bits per heavy atom. The average Bonchev–Trinajstić information content (AvgIpc) is 2.80. The maximum Gasteiger partial charge on any atom is 0.170 e. The van der Waals surface area contributed by atoms with Crippen molar-refractivity contribution in [1.82, 2.24) is 20.1 Å². The van der Waals surface area contributed by atoms with E-state index >= 15 is 0 Å². The van der Waals surface area contributed by atoms with Crippen molar-refractivity contribution in [2.24, 2.45) is 7.05 Å². The van der Waals surface area contributed by atoms with E-state index in [0.717, 1.165) is 43.5 Å². The predicted octanol–water partition coefficient (Wildman–Crippen LogP) is 0.190. The van der Waals surface area contributed by atoms with E-state index in [9.17, 15) is 4.79 Å². The first-order chi connectivity index (χ1) is 8.79. The molecule has 0 aliphatic carbocycles. The van der Waals surface area contributed by atoms with Crippen molar-refractivity contribution in [2.75, 3.05) is 31.1 Å². The number of fused-ring (bicyclic) bond motifs is 1. The quantitative estimate of drug-likeness (QED) is 0.765. The van der Waals surface area contributed by atoms with Crippen LogP contribution >= 0.6 is 0 Å². The van der Waals surface area contributed by atoms with Gasteiger partial charge >= 0.3 is 0 Å². The molecule has 1 fully saturated rings. The molecule has 6 heteroatoms. The second-order valence-electron chi connectivity index (χ2n) is 4.45. The monoisotopic (exact) mass is 245 g/mol. The molecule has 94 valence electrons. The molecule has 0 bridgehead atoms. The van der Waals surface area contributed by atoms with Crippen LogP contribution in [-0.2, 0) is 7.05 Å². The molecule has 0 saturated carbocycles. The molecule has 18 heavy (non-hydrogen) atoms. The summed E-state index contributed by atoms with van der Waals surface area (Å²) in [5.41, 5.74) is 2.15. The third kappa shape index (κ3) is 1.74. The minimum Gasteiger partial charge on any atom is -0.367 e. The topological polar surface area (TPSA) is 63.1 Å². The van der Waals surface area contributed by atoms with Crippen molar-refractivity contribution >= 4 is 22.9 Å². The van der Waals surface area contributed by atoms with Gasteiger partial charge in [0.15, 0.2) is 6.29 Å². The van der Waals surface area contributed by atoms with Gasteiger partial charge in [0.1, 0.15) is 11.2 Å².